The maximum atomic E-state index is 11.3. The summed E-state index contributed by atoms with van der Waals surface area (Å²) in [6.45, 7) is 11.4. The summed E-state index contributed by atoms with van der Waals surface area (Å²) in [6, 6.07) is 0. The molecule has 124 valence electrons. The van der Waals surface area contributed by atoms with Crippen LogP contribution in [0.3, 0.4) is 0 Å². The predicted molar refractivity (Wildman–Crippen MR) is 79.0 cm³/mol. The van der Waals surface area contributed by atoms with Gasteiger partial charge in [-0.05, 0) is 20.8 Å². The van der Waals surface area contributed by atoms with Crippen molar-refractivity contribution >= 4 is 16.1 Å². The van der Waals surface area contributed by atoms with Gasteiger partial charge in [-0.1, -0.05) is 6.58 Å². The largest absolute Gasteiger partial charge is 0.456 e. The zero-order valence-corrected chi connectivity index (χ0v) is 13.7. The number of likely N-dealkylation sites (N-methyl/N-ethyl adjacent to an activating group) is 1. The van der Waals surface area contributed by atoms with Gasteiger partial charge in [-0.15, -0.1) is 0 Å². The number of hydrogen-bond acceptors (Lipinski definition) is 5. The van der Waals surface area contributed by atoms with Crippen molar-refractivity contribution in [2.24, 2.45) is 0 Å². The number of hydrogen-bond donors (Lipinski definition) is 2. The molecule has 0 rings (SSSR count). The van der Waals surface area contributed by atoms with Gasteiger partial charge in [0.05, 0.1) is 19.6 Å². The van der Waals surface area contributed by atoms with Crippen LogP contribution in [0.1, 0.15) is 27.2 Å². The minimum Gasteiger partial charge on any atom is -0.456 e. The molecule has 0 amide bonds. The Morgan fingerprint density at radius 3 is 2.19 bits per heavy atom. The fourth-order valence-electron chi connectivity index (χ4n) is 1.96. The van der Waals surface area contributed by atoms with E-state index in [-0.39, 0.29) is 13.0 Å². The maximum Gasteiger partial charge on any atom is 0.333 e. The molecule has 0 heterocycles. The van der Waals surface area contributed by atoms with E-state index in [0.29, 0.717) is 36.2 Å². The summed E-state index contributed by atoms with van der Waals surface area (Å²) in [5.41, 5.74) is -1.46. The number of quaternary nitrogens is 1. The first-order valence-corrected chi connectivity index (χ1v) is 8.40. The summed E-state index contributed by atoms with van der Waals surface area (Å²) in [5, 5.41) is 9.38. The Morgan fingerprint density at radius 2 is 1.81 bits per heavy atom. The van der Waals surface area contributed by atoms with E-state index < -0.39 is 21.5 Å². The van der Waals surface area contributed by atoms with Gasteiger partial charge in [-0.2, -0.15) is 8.42 Å². The van der Waals surface area contributed by atoms with Crippen LogP contribution in [-0.2, 0) is 19.6 Å². The van der Waals surface area contributed by atoms with Crippen LogP contribution in [0.2, 0.25) is 0 Å². The lowest BCUT2D eigenvalue weighted by Crippen LogP contribution is -2.51. The average molecular weight is 324 g/mol. The Hall–Kier alpha value is -0.960. The van der Waals surface area contributed by atoms with E-state index >= 15 is 0 Å². The van der Waals surface area contributed by atoms with Crippen molar-refractivity contribution in [3.63, 3.8) is 0 Å². The first kappa shape index (κ1) is 20.0. The Bertz CT molecular complexity index is 455. The third kappa shape index (κ3) is 7.03. The van der Waals surface area contributed by atoms with E-state index in [4.69, 9.17) is 9.29 Å². The highest BCUT2D eigenvalue weighted by atomic mass is 32.2. The van der Waals surface area contributed by atoms with Crippen molar-refractivity contribution < 1.29 is 32.1 Å². The second kappa shape index (κ2) is 8.47. The molecule has 0 aliphatic rings. The fraction of sp³-hybridized carbons (Fsp3) is 0.769. The summed E-state index contributed by atoms with van der Waals surface area (Å²) in [5.74, 6) is -0.460. The van der Waals surface area contributed by atoms with Gasteiger partial charge in [0.25, 0.3) is 10.1 Å². The fourth-order valence-corrected chi connectivity index (χ4v) is 2.36. The molecule has 0 aliphatic heterocycles. The quantitative estimate of drug-likeness (QED) is 0.263. The number of aliphatic hydroxyl groups is 1. The summed E-state index contributed by atoms with van der Waals surface area (Å²) in [4.78, 5) is 11.3. The molecule has 0 bridgehead atoms. The third-order valence-corrected chi connectivity index (χ3v) is 4.61. The minimum atomic E-state index is -4.44. The maximum absolute atomic E-state index is 11.3. The van der Waals surface area contributed by atoms with Crippen molar-refractivity contribution in [1.29, 1.82) is 0 Å². The van der Waals surface area contributed by atoms with E-state index in [2.05, 4.69) is 6.58 Å². The monoisotopic (exact) mass is 324 g/mol. The van der Waals surface area contributed by atoms with Gasteiger partial charge in [0, 0.05) is 12.0 Å². The van der Waals surface area contributed by atoms with E-state index in [1.165, 1.54) is 0 Å². The summed E-state index contributed by atoms with van der Waals surface area (Å²) in [7, 11) is -4.44. The predicted octanol–water partition coefficient (Wildman–Crippen LogP) is 0.559. The summed E-state index contributed by atoms with van der Waals surface area (Å²) in [6.07, 6.45) is -0.0745. The number of carbonyl (C=O) groups excluding carboxylic acids is 1. The van der Waals surface area contributed by atoms with Gasteiger partial charge in [0.1, 0.15) is 13.2 Å². The van der Waals surface area contributed by atoms with Crippen LogP contribution < -0.4 is 0 Å². The van der Waals surface area contributed by atoms with Gasteiger partial charge in [0.2, 0.25) is 0 Å². The van der Waals surface area contributed by atoms with Crippen LogP contribution in [0.15, 0.2) is 12.2 Å². The molecule has 0 aromatic carbocycles. The molecule has 0 saturated heterocycles. The molecular weight excluding hydrogens is 298 g/mol. The van der Waals surface area contributed by atoms with E-state index in [9.17, 15) is 18.3 Å². The molecule has 0 saturated carbocycles. The first-order chi connectivity index (χ1) is 9.58. The third-order valence-electron chi connectivity index (χ3n) is 3.68. The van der Waals surface area contributed by atoms with Crippen LogP contribution in [0.25, 0.3) is 0 Å². The molecule has 7 nitrogen and oxygen atoms in total. The Labute approximate surface area is 126 Å². The lowest BCUT2D eigenvalue weighted by atomic mass is 10.3. The van der Waals surface area contributed by atoms with E-state index in [1.54, 1.807) is 6.92 Å². The second-order valence-corrected chi connectivity index (χ2v) is 6.67. The number of ether oxygens (including phenoxy) is 1. The number of esters is 1. The zero-order valence-electron chi connectivity index (χ0n) is 12.9. The van der Waals surface area contributed by atoms with Crippen molar-refractivity contribution in [1.82, 2.24) is 0 Å². The van der Waals surface area contributed by atoms with Gasteiger partial charge >= 0.3 is 5.97 Å². The van der Waals surface area contributed by atoms with Crippen molar-refractivity contribution in [3.8, 4) is 0 Å². The average Bonchev–Trinajstić information content (AvgIpc) is 2.41. The number of nitrogens with zero attached hydrogens (tertiary/aromatic N) is 1. The molecule has 1 atom stereocenters. The number of rotatable bonds is 10. The SMILES string of the molecule is C=C(C)C(=O)OCC[N+](CC)(CC)CCC(O)S(=O)(=O)O. The highest BCUT2D eigenvalue weighted by molar-refractivity contribution is 7.86. The van der Waals surface area contributed by atoms with Gasteiger partial charge < -0.3 is 14.3 Å². The van der Waals surface area contributed by atoms with Gasteiger partial charge in [-0.25, -0.2) is 4.79 Å². The molecule has 0 fully saturated rings. The molecule has 0 spiro atoms. The molecular formula is C13H26NO6S+. The molecule has 0 radical (unpaired) electrons. The summed E-state index contributed by atoms with van der Waals surface area (Å²) < 4.78 is 36.0. The Morgan fingerprint density at radius 1 is 1.29 bits per heavy atom. The normalized spacial score (nSPS) is 13.8. The topological polar surface area (TPSA) is 101 Å². The number of carbonyl (C=O) groups is 1. The first-order valence-electron chi connectivity index (χ1n) is 6.90. The van der Waals surface area contributed by atoms with Crippen LogP contribution in [0, 0.1) is 0 Å². The molecule has 21 heavy (non-hydrogen) atoms. The van der Waals surface area contributed by atoms with Crippen LogP contribution in [0.4, 0.5) is 0 Å². The molecule has 0 aromatic rings. The van der Waals surface area contributed by atoms with Crippen molar-refractivity contribution in [2.75, 3.05) is 32.8 Å². The minimum absolute atomic E-state index is 0.0745. The highest BCUT2D eigenvalue weighted by Gasteiger charge is 2.28. The van der Waals surface area contributed by atoms with Crippen molar-refractivity contribution in [3.05, 3.63) is 12.2 Å². The molecule has 2 N–H and O–H groups in total. The van der Waals surface area contributed by atoms with Gasteiger partial charge in [-0.3, -0.25) is 4.55 Å². The highest BCUT2D eigenvalue weighted by Crippen LogP contribution is 2.11. The molecule has 0 aromatic heterocycles. The zero-order chi connectivity index (χ0) is 16.7. The smallest absolute Gasteiger partial charge is 0.333 e. The lowest BCUT2D eigenvalue weighted by molar-refractivity contribution is -0.925. The van der Waals surface area contributed by atoms with E-state index in [0.717, 1.165) is 0 Å². The molecule has 0 aliphatic carbocycles. The summed E-state index contributed by atoms with van der Waals surface area (Å²) >= 11 is 0. The van der Waals surface area contributed by atoms with Crippen LogP contribution in [-0.4, -0.2) is 66.8 Å². The van der Waals surface area contributed by atoms with Crippen LogP contribution in [0.5, 0.6) is 0 Å². The lowest BCUT2D eigenvalue weighted by Gasteiger charge is -2.37. The van der Waals surface area contributed by atoms with E-state index in [1.807, 2.05) is 13.8 Å². The molecule has 8 heteroatoms. The second-order valence-electron chi connectivity index (χ2n) is 5.10. The number of aliphatic hydroxyl groups excluding tert-OH is 1. The standard InChI is InChI=1S/C13H25NO6S/c1-5-14(6-2,8-7-12(15)21(17,18)19)9-10-20-13(16)11(3)4/h12,15H,3,5-10H2,1-2,4H3/p+1. The molecule has 1 unspecified atom stereocenters. The Kier molecular flexibility index (Phi) is 8.09. The van der Waals surface area contributed by atoms with Crippen molar-refractivity contribution in [2.45, 2.75) is 32.6 Å². The van der Waals surface area contributed by atoms with Gasteiger partial charge in [0.15, 0.2) is 5.44 Å². The van der Waals surface area contributed by atoms with Crippen LogP contribution >= 0.6 is 0 Å². The Balaban J connectivity index is 4.56.